The predicted octanol–water partition coefficient (Wildman–Crippen LogP) is 6.99. The summed E-state index contributed by atoms with van der Waals surface area (Å²) in [4.78, 5) is 2.02. The molecule has 162 valence electrons. The molecule has 0 saturated heterocycles. The van der Waals surface area contributed by atoms with Crippen LogP contribution in [0.1, 0.15) is 16.7 Å². The molecular formula is C27H25NO4. The maximum absolute atomic E-state index is 10.2. The lowest BCUT2D eigenvalue weighted by Crippen LogP contribution is -2.10. The van der Waals surface area contributed by atoms with Gasteiger partial charge in [-0.3, -0.25) is 0 Å². The molecule has 0 atom stereocenters. The van der Waals surface area contributed by atoms with Crippen LogP contribution >= 0.6 is 0 Å². The zero-order valence-electron chi connectivity index (χ0n) is 18.2. The molecule has 0 saturated carbocycles. The molecule has 4 aromatic carbocycles. The van der Waals surface area contributed by atoms with Crippen molar-refractivity contribution in [2.24, 2.45) is 0 Å². The summed E-state index contributed by atoms with van der Waals surface area (Å²) < 4.78 is 5.98. The highest BCUT2D eigenvalue weighted by atomic mass is 16.5. The Labute approximate surface area is 187 Å². The fourth-order valence-corrected chi connectivity index (χ4v) is 3.52. The van der Waals surface area contributed by atoms with Gasteiger partial charge in [0.05, 0.1) is 0 Å². The van der Waals surface area contributed by atoms with E-state index in [1.807, 2.05) is 80.3 Å². The minimum Gasteiger partial charge on any atom is -0.508 e. The first kappa shape index (κ1) is 21.1. The van der Waals surface area contributed by atoms with E-state index in [1.54, 1.807) is 24.3 Å². The smallest absolute Gasteiger partial charge is 0.169 e. The van der Waals surface area contributed by atoms with Crippen molar-refractivity contribution in [2.75, 3.05) is 4.90 Å². The van der Waals surface area contributed by atoms with E-state index in [0.29, 0.717) is 11.5 Å². The van der Waals surface area contributed by atoms with Crippen molar-refractivity contribution in [3.63, 3.8) is 0 Å². The maximum Gasteiger partial charge on any atom is 0.169 e. The van der Waals surface area contributed by atoms with E-state index in [1.165, 1.54) is 0 Å². The Kier molecular flexibility index (Phi) is 5.65. The molecule has 3 N–H and O–H groups in total. The van der Waals surface area contributed by atoms with Crippen LogP contribution in [-0.4, -0.2) is 15.3 Å². The topological polar surface area (TPSA) is 73.2 Å². The number of phenolic OH excluding ortho intramolecular Hbond substituents is 3. The molecule has 32 heavy (non-hydrogen) atoms. The van der Waals surface area contributed by atoms with Gasteiger partial charge < -0.3 is 25.0 Å². The van der Waals surface area contributed by atoms with Crippen molar-refractivity contribution < 1.29 is 20.1 Å². The van der Waals surface area contributed by atoms with Gasteiger partial charge in [-0.1, -0.05) is 12.1 Å². The average molecular weight is 428 g/mol. The molecule has 5 nitrogen and oxygen atoms in total. The van der Waals surface area contributed by atoms with E-state index in [2.05, 4.69) is 0 Å². The Balaban J connectivity index is 1.80. The molecule has 0 heterocycles. The van der Waals surface area contributed by atoms with E-state index in [9.17, 15) is 15.3 Å². The number of hydrogen-bond donors (Lipinski definition) is 3. The SMILES string of the molecule is Cc1ccc(O)c(Oc2cccc(N(c3ccc(O)c(C)c3)c3ccc(O)c(C)c3)c2)c1. The third kappa shape index (κ3) is 4.32. The third-order valence-electron chi connectivity index (χ3n) is 5.30. The highest BCUT2D eigenvalue weighted by Gasteiger charge is 2.16. The molecule has 4 rings (SSSR count). The zero-order valence-corrected chi connectivity index (χ0v) is 18.2. The van der Waals surface area contributed by atoms with Crippen molar-refractivity contribution in [1.82, 2.24) is 0 Å². The highest BCUT2D eigenvalue weighted by molar-refractivity contribution is 5.78. The molecule has 0 fully saturated rings. The van der Waals surface area contributed by atoms with Gasteiger partial charge in [-0.25, -0.2) is 0 Å². The second kappa shape index (κ2) is 8.55. The number of anilines is 3. The fourth-order valence-electron chi connectivity index (χ4n) is 3.52. The van der Waals surface area contributed by atoms with Gasteiger partial charge in [0.15, 0.2) is 11.5 Å². The average Bonchev–Trinajstić information content (AvgIpc) is 2.76. The lowest BCUT2D eigenvalue weighted by atomic mass is 10.1. The third-order valence-corrected chi connectivity index (χ3v) is 5.30. The first-order valence-electron chi connectivity index (χ1n) is 10.3. The van der Waals surface area contributed by atoms with Crippen molar-refractivity contribution in [1.29, 1.82) is 0 Å². The lowest BCUT2D eigenvalue weighted by Gasteiger charge is -2.27. The highest BCUT2D eigenvalue weighted by Crippen LogP contribution is 2.40. The maximum atomic E-state index is 10.2. The number of ether oxygens (including phenoxy) is 1. The number of phenols is 3. The standard InChI is InChI=1S/C27H25NO4/c1-17-7-10-26(31)27(13-17)32-23-6-4-5-20(16-23)28(21-8-11-24(29)18(2)14-21)22-9-12-25(30)19(3)15-22/h4-16,29-31H,1-3H3. The van der Waals surface area contributed by atoms with Crippen molar-refractivity contribution >= 4 is 17.1 Å². The van der Waals surface area contributed by atoms with E-state index in [0.717, 1.165) is 33.8 Å². The largest absolute Gasteiger partial charge is 0.508 e. The van der Waals surface area contributed by atoms with Gasteiger partial charge in [0.1, 0.15) is 17.2 Å². The van der Waals surface area contributed by atoms with Crippen molar-refractivity contribution in [3.05, 3.63) is 95.6 Å². The predicted molar refractivity (Wildman–Crippen MR) is 127 cm³/mol. The Morgan fingerprint density at radius 3 is 1.75 bits per heavy atom. The Morgan fingerprint density at radius 1 is 0.594 bits per heavy atom. The molecule has 0 spiro atoms. The van der Waals surface area contributed by atoms with Gasteiger partial charge in [-0.15, -0.1) is 0 Å². The molecule has 0 aliphatic rings. The van der Waals surface area contributed by atoms with Crippen LogP contribution in [0.5, 0.6) is 28.7 Å². The Hall–Kier alpha value is -4.12. The molecule has 5 heteroatoms. The number of aromatic hydroxyl groups is 3. The molecular weight excluding hydrogens is 402 g/mol. The molecule has 0 aromatic heterocycles. The number of nitrogens with zero attached hydrogens (tertiary/aromatic N) is 1. The molecule has 0 amide bonds. The minimum atomic E-state index is 0.0705. The van der Waals surface area contributed by atoms with Crippen LogP contribution in [0.15, 0.2) is 78.9 Å². The zero-order chi connectivity index (χ0) is 22.8. The van der Waals surface area contributed by atoms with Crippen LogP contribution in [0.3, 0.4) is 0 Å². The molecule has 0 aliphatic heterocycles. The number of aryl methyl sites for hydroxylation is 3. The van der Waals surface area contributed by atoms with Crippen LogP contribution in [0.2, 0.25) is 0 Å². The normalized spacial score (nSPS) is 10.7. The molecule has 0 bridgehead atoms. The van der Waals surface area contributed by atoms with Gasteiger partial charge in [0, 0.05) is 23.1 Å². The summed E-state index contributed by atoms with van der Waals surface area (Å²) in [5.41, 5.74) is 5.00. The molecule has 4 aromatic rings. The van der Waals surface area contributed by atoms with Crippen molar-refractivity contribution in [2.45, 2.75) is 20.8 Å². The quantitative estimate of drug-likeness (QED) is 0.320. The fraction of sp³-hybridized carbons (Fsp3) is 0.111. The number of benzene rings is 4. The van der Waals surface area contributed by atoms with E-state index >= 15 is 0 Å². The summed E-state index contributed by atoms with van der Waals surface area (Å²) in [6.07, 6.45) is 0. The van der Waals surface area contributed by atoms with Gasteiger partial charge in [-0.2, -0.15) is 0 Å². The van der Waals surface area contributed by atoms with E-state index < -0.39 is 0 Å². The second-order valence-electron chi connectivity index (χ2n) is 7.85. The first-order valence-corrected chi connectivity index (χ1v) is 10.3. The summed E-state index contributed by atoms with van der Waals surface area (Å²) in [6.45, 7) is 5.63. The van der Waals surface area contributed by atoms with E-state index in [4.69, 9.17) is 4.74 Å². The van der Waals surface area contributed by atoms with Gasteiger partial charge in [0.2, 0.25) is 0 Å². The van der Waals surface area contributed by atoms with Crippen LogP contribution in [0.25, 0.3) is 0 Å². The molecule has 0 aliphatic carbocycles. The Bertz CT molecular complexity index is 1230. The second-order valence-corrected chi connectivity index (χ2v) is 7.85. The summed E-state index contributed by atoms with van der Waals surface area (Å²) in [5.74, 6) is 1.47. The summed E-state index contributed by atoms with van der Waals surface area (Å²) in [5, 5.41) is 30.2. The van der Waals surface area contributed by atoms with Crippen molar-refractivity contribution in [3.8, 4) is 28.7 Å². The van der Waals surface area contributed by atoms with Gasteiger partial charge in [0.25, 0.3) is 0 Å². The molecule has 0 radical (unpaired) electrons. The lowest BCUT2D eigenvalue weighted by molar-refractivity contribution is 0.411. The monoisotopic (exact) mass is 427 g/mol. The van der Waals surface area contributed by atoms with Gasteiger partial charge >= 0.3 is 0 Å². The van der Waals surface area contributed by atoms with E-state index in [-0.39, 0.29) is 17.2 Å². The first-order chi connectivity index (χ1) is 15.3. The van der Waals surface area contributed by atoms with Gasteiger partial charge in [-0.05, 0) is 98.1 Å². The van der Waals surface area contributed by atoms with Crippen LogP contribution in [-0.2, 0) is 0 Å². The summed E-state index contributed by atoms with van der Waals surface area (Å²) >= 11 is 0. The van der Waals surface area contributed by atoms with Crippen LogP contribution < -0.4 is 9.64 Å². The number of hydrogen-bond acceptors (Lipinski definition) is 5. The number of rotatable bonds is 5. The summed E-state index contributed by atoms with van der Waals surface area (Å²) in [6, 6.07) is 23.6. The van der Waals surface area contributed by atoms with Crippen LogP contribution in [0.4, 0.5) is 17.1 Å². The summed E-state index contributed by atoms with van der Waals surface area (Å²) in [7, 11) is 0. The minimum absolute atomic E-state index is 0.0705. The van der Waals surface area contributed by atoms with Crippen LogP contribution in [0, 0.1) is 20.8 Å². The molecule has 0 unspecified atom stereocenters. The Morgan fingerprint density at radius 2 is 1.16 bits per heavy atom.